The molecular weight excluding hydrogens is 258 g/mol. The molecule has 0 fully saturated rings. The summed E-state index contributed by atoms with van der Waals surface area (Å²) >= 11 is 1.52. The molecule has 19 heavy (non-hydrogen) atoms. The SMILES string of the molecule is COC(c1nc2c(s1)C(=O)CC(C)(C)C2)C(C)(C)C. The average Bonchev–Trinajstić information content (AvgIpc) is 2.58. The highest BCUT2D eigenvalue weighted by molar-refractivity contribution is 7.14. The molecule has 0 aliphatic heterocycles. The summed E-state index contributed by atoms with van der Waals surface area (Å²) in [7, 11) is 1.71. The Morgan fingerprint density at radius 1 is 1.32 bits per heavy atom. The van der Waals surface area contributed by atoms with Crippen molar-refractivity contribution < 1.29 is 9.53 Å². The van der Waals surface area contributed by atoms with Gasteiger partial charge in [-0.25, -0.2) is 4.98 Å². The number of thiazole rings is 1. The zero-order valence-corrected chi connectivity index (χ0v) is 13.5. The number of carbonyl (C=O) groups is 1. The van der Waals surface area contributed by atoms with Gasteiger partial charge in [0.25, 0.3) is 0 Å². The van der Waals surface area contributed by atoms with Gasteiger partial charge in [0, 0.05) is 13.5 Å². The molecule has 0 saturated heterocycles. The van der Waals surface area contributed by atoms with E-state index in [1.165, 1.54) is 11.3 Å². The predicted octanol–water partition coefficient (Wildman–Crippen LogP) is 4.03. The minimum atomic E-state index is -0.0565. The van der Waals surface area contributed by atoms with Crippen LogP contribution in [0, 0.1) is 10.8 Å². The fourth-order valence-electron chi connectivity index (χ4n) is 2.68. The summed E-state index contributed by atoms with van der Waals surface area (Å²) in [5.74, 6) is 0.235. The van der Waals surface area contributed by atoms with Crippen molar-refractivity contribution in [3.8, 4) is 0 Å². The molecule has 1 heterocycles. The maximum Gasteiger partial charge on any atom is 0.175 e. The molecule has 1 atom stereocenters. The Balaban J connectivity index is 2.40. The first-order valence-corrected chi connectivity index (χ1v) is 7.51. The molecule has 106 valence electrons. The summed E-state index contributed by atoms with van der Waals surface area (Å²) in [5.41, 5.74) is 0.973. The number of hydrogen-bond donors (Lipinski definition) is 0. The van der Waals surface area contributed by atoms with Gasteiger partial charge in [0.15, 0.2) is 5.78 Å². The van der Waals surface area contributed by atoms with E-state index < -0.39 is 0 Å². The molecule has 0 aromatic carbocycles. The van der Waals surface area contributed by atoms with Crippen molar-refractivity contribution in [1.82, 2.24) is 4.98 Å². The summed E-state index contributed by atoms with van der Waals surface area (Å²) in [6.07, 6.45) is 1.44. The second kappa shape index (κ2) is 4.67. The van der Waals surface area contributed by atoms with Crippen molar-refractivity contribution in [1.29, 1.82) is 0 Å². The second-order valence-electron chi connectivity index (χ2n) is 7.25. The first-order chi connectivity index (χ1) is 8.64. The number of Topliss-reactive ketones (excluding diaryl/α,β-unsaturated/α-hetero) is 1. The zero-order valence-electron chi connectivity index (χ0n) is 12.7. The lowest BCUT2D eigenvalue weighted by atomic mass is 9.78. The molecule has 2 rings (SSSR count). The lowest BCUT2D eigenvalue weighted by Crippen LogP contribution is -2.26. The van der Waals surface area contributed by atoms with Crippen LogP contribution < -0.4 is 0 Å². The van der Waals surface area contributed by atoms with Crippen molar-refractivity contribution in [3.63, 3.8) is 0 Å². The van der Waals surface area contributed by atoms with Crippen molar-refractivity contribution in [2.45, 2.75) is 53.6 Å². The molecule has 3 nitrogen and oxygen atoms in total. The molecule has 0 saturated carbocycles. The Morgan fingerprint density at radius 2 is 1.95 bits per heavy atom. The second-order valence-corrected chi connectivity index (χ2v) is 8.28. The number of methoxy groups -OCH3 is 1. The quantitative estimate of drug-likeness (QED) is 0.821. The standard InChI is InChI=1S/C15H23NO2S/c1-14(2,3)12(18-6)13-16-9-7-15(4,5)8-10(17)11(9)19-13/h12H,7-8H2,1-6H3. The van der Waals surface area contributed by atoms with Crippen molar-refractivity contribution in [2.75, 3.05) is 7.11 Å². The van der Waals surface area contributed by atoms with Gasteiger partial charge < -0.3 is 4.74 Å². The van der Waals surface area contributed by atoms with Gasteiger partial charge in [-0.3, -0.25) is 4.79 Å². The summed E-state index contributed by atoms with van der Waals surface area (Å²) in [5, 5.41) is 0.936. The molecule has 0 spiro atoms. The Bertz CT molecular complexity index is 497. The van der Waals surface area contributed by atoms with Crippen LogP contribution in [0.3, 0.4) is 0 Å². The van der Waals surface area contributed by atoms with Crippen LogP contribution >= 0.6 is 11.3 Å². The van der Waals surface area contributed by atoms with Gasteiger partial charge in [-0.15, -0.1) is 11.3 Å². The molecule has 1 aromatic rings. The maximum atomic E-state index is 12.2. The third-order valence-corrected chi connectivity index (χ3v) is 4.68. The van der Waals surface area contributed by atoms with Crippen LogP contribution in [0.15, 0.2) is 0 Å². The third-order valence-electron chi connectivity index (χ3n) is 3.50. The number of hydrogen-bond acceptors (Lipinski definition) is 4. The van der Waals surface area contributed by atoms with E-state index in [0.29, 0.717) is 6.42 Å². The number of nitrogens with zero attached hydrogens (tertiary/aromatic N) is 1. The van der Waals surface area contributed by atoms with Crippen LogP contribution in [0.5, 0.6) is 0 Å². The molecule has 0 radical (unpaired) electrons. The van der Waals surface area contributed by atoms with Gasteiger partial charge in [-0.2, -0.15) is 0 Å². The predicted molar refractivity (Wildman–Crippen MR) is 77.8 cm³/mol. The number of carbonyl (C=O) groups excluding carboxylic acids is 1. The van der Waals surface area contributed by atoms with Crippen LogP contribution in [0.2, 0.25) is 0 Å². The molecule has 1 aromatic heterocycles. The summed E-state index contributed by atoms with van der Waals surface area (Å²) in [6.45, 7) is 10.7. The van der Waals surface area contributed by atoms with Crippen molar-refractivity contribution in [2.24, 2.45) is 10.8 Å². The van der Waals surface area contributed by atoms with Crippen LogP contribution in [-0.2, 0) is 11.2 Å². The van der Waals surface area contributed by atoms with Crippen LogP contribution in [0.25, 0.3) is 0 Å². The van der Waals surface area contributed by atoms with E-state index >= 15 is 0 Å². The van der Waals surface area contributed by atoms with Gasteiger partial charge in [0.2, 0.25) is 0 Å². The molecule has 1 unspecified atom stereocenters. The van der Waals surface area contributed by atoms with Crippen molar-refractivity contribution in [3.05, 3.63) is 15.6 Å². The van der Waals surface area contributed by atoms with Gasteiger partial charge in [-0.05, 0) is 17.3 Å². The topological polar surface area (TPSA) is 39.2 Å². The number of rotatable bonds is 2. The van der Waals surface area contributed by atoms with Crippen molar-refractivity contribution >= 4 is 17.1 Å². The molecule has 4 heteroatoms. The largest absolute Gasteiger partial charge is 0.374 e. The number of aromatic nitrogens is 1. The fraction of sp³-hybridized carbons (Fsp3) is 0.733. The highest BCUT2D eigenvalue weighted by atomic mass is 32.1. The fourth-order valence-corrected chi connectivity index (χ4v) is 4.02. The Hall–Kier alpha value is -0.740. The van der Waals surface area contributed by atoms with E-state index in [0.717, 1.165) is 22.0 Å². The number of fused-ring (bicyclic) bond motifs is 1. The van der Waals surface area contributed by atoms with Gasteiger partial charge >= 0.3 is 0 Å². The van der Waals surface area contributed by atoms with Gasteiger partial charge in [-0.1, -0.05) is 34.6 Å². The van der Waals surface area contributed by atoms with E-state index in [4.69, 9.17) is 9.72 Å². The average molecular weight is 281 g/mol. The van der Waals surface area contributed by atoms with E-state index in [1.54, 1.807) is 7.11 Å². The molecule has 0 N–H and O–H groups in total. The molecule has 1 aliphatic rings. The monoisotopic (exact) mass is 281 g/mol. The number of ketones is 1. The van der Waals surface area contributed by atoms with E-state index in [1.807, 2.05) is 0 Å². The normalized spacial score (nSPS) is 20.2. The first-order valence-electron chi connectivity index (χ1n) is 6.70. The molecule has 1 aliphatic carbocycles. The van der Waals surface area contributed by atoms with Crippen LogP contribution in [0.4, 0.5) is 0 Å². The van der Waals surface area contributed by atoms with Gasteiger partial charge in [0.05, 0.1) is 10.6 Å². The highest BCUT2D eigenvalue weighted by Gasteiger charge is 2.36. The smallest absolute Gasteiger partial charge is 0.175 e. The Kier molecular flexibility index (Phi) is 3.60. The molecule has 0 amide bonds. The Morgan fingerprint density at radius 3 is 2.47 bits per heavy atom. The number of ether oxygens (including phenoxy) is 1. The third kappa shape index (κ3) is 2.90. The Labute approximate surface area is 119 Å². The van der Waals surface area contributed by atoms with Crippen LogP contribution in [0.1, 0.15) is 67.5 Å². The van der Waals surface area contributed by atoms with E-state index in [-0.39, 0.29) is 22.7 Å². The highest BCUT2D eigenvalue weighted by Crippen LogP contribution is 2.42. The lowest BCUT2D eigenvalue weighted by molar-refractivity contribution is 0.0149. The molecule has 0 bridgehead atoms. The minimum absolute atomic E-state index is 0.0201. The maximum absolute atomic E-state index is 12.2. The van der Waals surface area contributed by atoms with E-state index in [9.17, 15) is 4.79 Å². The van der Waals surface area contributed by atoms with Crippen LogP contribution in [-0.4, -0.2) is 17.9 Å². The van der Waals surface area contributed by atoms with Gasteiger partial charge in [0.1, 0.15) is 11.1 Å². The summed E-state index contributed by atoms with van der Waals surface area (Å²) < 4.78 is 5.60. The minimum Gasteiger partial charge on any atom is -0.374 e. The first kappa shape index (κ1) is 14.7. The zero-order chi connectivity index (χ0) is 14.4. The summed E-state index contributed by atoms with van der Waals surface area (Å²) in [6, 6.07) is 0. The summed E-state index contributed by atoms with van der Waals surface area (Å²) in [4.78, 5) is 17.8. The van der Waals surface area contributed by atoms with E-state index in [2.05, 4.69) is 34.6 Å². The molecular formula is C15H23NO2S. The lowest BCUT2D eigenvalue weighted by Gasteiger charge is -2.27.